The Kier molecular flexibility index (Phi) is 5.25. The third kappa shape index (κ3) is 3.13. The lowest BCUT2D eigenvalue weighted by molar-refractivity contribution is -0.152. The van der Waals surface area contributed by atoms with Gasteiger partial charge in [0.1, 0.15) is 0 Å². The maximum Gasteiger partial charge on any atom is 0.336 e. The molecular formula is C21H30O6. The maximum atomic E-state index is 12.4. The Hall–Kier alpha value is -1.66. The smallest absolute Gasteiger partial charge is 0.336 e. The second kappa shape index (κ2) is 7.06. The van der Waals surface area contributed by atoms with Crippen LogP contribution in [0.2, 0.25) is 0 Å². The van der Waals surface area contributed by atoms with Gasteiger partial charge in [-0.1, -0.05) is 26.8 Å². The number of cyclic esters (lactones) is 1. The second-order valence-corrected chi connectivity index (χ2v) is 8.67. The average Bonchev–Trinajstić information content (AvgIpc) is 2.95. The molecule has 0 bridgehead atoms. The van der Waals surface area contributed by atoms with E-state index in [0.717, 1.165) is 19.3 Å². The molecule has 3 aliphatic rings. The normalized spacial score (nSPS) is 41.3. The molecule has 6 heteroatoms. The van der Waals surface area contributed by atoms with Crippen molar-refractivity contribution in [3.05, 3.63) is 23.3 Å². The highest BCUT2D eigenvalue weighted by Gasteiger charge is 2.59. The summed E-state index contributed by atoms with van der Waals surface area (Å²) < 4.78 is 9.79. The number of carbonyl (C=O) groups is 2. The predicted molar refractivity (Wildman–Crippen MR) is 98.2 cm³/mol. The van der Waals surface area contributed by atoms with Crippen molar-refractivity contribution in [2.75, 3.05) is 7.11 Å². The number of hydrogen-bond acceptors (Lipinski definition) is 6. The largest absolute Gasteiger partial charge is 0.466 e. The Morgan fingerprint density at radius 2 is 2.07 bits per heavy atom. The molecule has 1 heterocycles. The number of hydrogen-bond donors (Lipinski definition) is 2. The van der Waals surface area contributed by atoms with Crippen molar-refractivity contribution >= 4 is 11.9 Å². The van der Waals surface area contributed by atoms with E-state index in [4.69, 9.17) is 9.47 Å². The highest BCUT2D eigenvalue weighted by Crippen LogP contribution is 2.62. The van der Waals surface area contributed by atoms with E-state index in [2.05, 4.69) is 13.8 Å². The summed E-state index contributed by atoms with van der Waals surface area (Å²) in [5, 5.41) is 20.5. The molecule has 3 rings (SSSR count). The molecule has 1 fully saturated rings. The van der Waals surface area contributed by atoms with E-state index in [0.29, 0.717) is 24.0 Å². The van der Waals surface area contributed by atoms with Crippen LogP contribution in [0.5, 0.6) is 0 Å². The summed E-state index contributed by atoms with van der Waals surface area (Å²) in [6.45, 7) is 6.31. The monoisotopic (exact) mass is 378 g/mol. The van der Waals surface area contributed by atoms with Crippen molar-refractivity contribution in [2.24, 2.45) is 22.7 Å². The summed E-state index contributed by atoms with van der Waals surface area (Å²) in [6.07, 6.45) is 5.07. The van der Waals surface area contributed by atoms with E-state index in [-0.39, 0.29) is 23.2 Å². The predicted octanol–water partition coefficient (Wildman–Crippen LogP) is 2.49. The minimum Gasteiger partial charge on any atom is -0.466 e. The third-order valence-corrected chi connectivity index (χ3v) is 7.47. The number of aliphatic hydroxyl groups is 2. The fourth-order valence-electron chi connectivity index (χ4n) is 5.60. The number of carbonyl (C=O) groups excluding carboxylic acids is 2. The van der Waals surface area contributed by atoms with Crippen LogP contribution in [0.3, 0.4) is 0 Å². The fourth-order valence-corrected chi connectivity index (χ4v) is 5.60. The first kappa shape index (κ1) is 20.1. The first-order valence-electron chi connectivity index (χ1n) is 9.71. The Labute approximate surface area is 160 Å². The molecule has 0 saturated heterocycles. The maximum absolute atomic E-state index is 12.4. The van der Waals surface area contributed by atoms with Crippen LogP contribution in [0.4, 0.5) is 0 Å². The van der Waals surface area contributed by atoms with Gasteiger partial charge in [-0.15, -0.1) is 0 Å². The molecule has 27 heavy (non-hydrogen) atoms. The van der Waals surface area contributed by atoms with E-state index in [1.54, 1.807) is 0 Å². The summed E-state index contributed by atoms with van der Waals surface area (Å²) in [7, 11) is 1.37. The number of aliphatic hydroxyl groups excluding tert-OH is 2. The van der Waals surface area contributed by atoms with Gasteiger partial charge < -0.3 is 19.7 Å². The van der Waals surface area contributed by atoms with Crippen molar-refractivity contribution < 1.29 is 29.3 Å². The van der Waals surface area contributed by atoms with Gasteiger partial charge in [-0.05, 0) is 55.4 Å². The first-order valence-corrected chi connectivity index (χ1v) is 9.71. The average molecular weight is 378 g/mol. The van der Waals surface area contributed by atoms with Crippen molar-refractivity contribution in [3.8, 4) is 0 Å². The van der Waals surface area contributed by atoms with Gasteiger partial charge in [0.2, 0.25) is 6.29 Å². The Bertz CT molecular complexity index is 695. The lowest BCUT2D eigenvalue weighted by atomic mass is 9.45. The summed E-state index contributed by atoms with van der Waals surface area (Å²) in [4.78, 5) is 24.3. The lowest BCUT2D eigenvalue weighted by Crippen LogP contribution is -2.57. The molecule has 6 unspecified atom stereocenters. The molecule has 150 valence electrons. The van der Waals surface area contributed by atoms with Crippen LogP contribution < -0.4 is 0 Å². The van der Waals surface area contributed by atoms with Crippen LogP contribution >= 0.6 is 0 Å². The Morgan fingerprint density at radius 3 is 2.67 bits per heavy atom. The molecule has 1 saturated carbocycles. The molecule has 0 radical (unpaired) electrons. The van der Waals surface area contributed by atoms with Crippen molar-refractivity contribution in [2.45, 2.75) is 65.3 Å². The number of methoxy groups -OCH3 is 1. The molecule has 1 aliphatic heterocycles. The molecule has 0 amide bonds. The first-order chi connectivity index (χ1) is 12.6. The number of ether oxygens (including phenoxy) is 2. The van der Waals surface area contributed by atoms with Gasteiger partial charge in [-0.2, -0.15) is 0 Å². The molecule has 0 aromatic heterocycles. The van der Waals surface area contributed by atoms with E-state index in [9.17, 15) is 19.8 Å². The van der Waals surface area contributed by atoms with Crippen LogP contribution in [-0.4, -0.2) is 41.7 Å². The highest BCUT2D eigenvalue weighted by molar-refractivity contribution is 5.91. The summed E-state index contributed by atoms with van der Waals surface area (Å²) >= 11 is 0. The van der Waals surface area contributed by atoms with Gasteiger partial charge >= 0.3 is 11.9 Å². The molecule has 6 atom stereocenters. The van der Waals surface area contributed by atoms with E-state index in [1.165, 1.54) is 13.2 Å². The molecule has 0 spiro atoms. The van der Waals surface area contributed by atoms with Crippen LogP contribution in [0.15, 0.2) is 23.3 Å². The summed E-state index contributed by atoms with van der Waals surface area (Å²) in [6, 6.07) is 0. The van der Waals surface area contributed by atoms with E-state index < -0.39 is 23.8 Å². The number of esters is 2. The quantitative estimate of drug-likeness (QED) is 0.730. The van der Waals surface area contributed by atoms with Crippen LogP contribution in [0.1, 0.15) is 52.9 Å². The fraction of sp³-hybridized carbons (Fsp3) is 0.714. The molecule has 0 aromatic rings. The molecule has 2 aliphatic carbocycles. The van der Waals surface area contributed by atoms with Gasteiger partial charge in [0.15, 0.2) is 0 Å². The van der Waals surface area contributed by atoms with Crippen LogP contribution in [0, 0.1) is 22.7 Å². The number of allylic oxidation sites excluding steroid dienone is 1. The van der Waals surface area contributed by atoms with Crippen molar-refractivity contribution in [3.63, 3.8) is 0 Å². The van der Waals surface area contributed by atoms with Crippen LogP contribution in [0.25, 0.3) is 0 Å². The molecular weight excluding hydrogens is 348 g/mol. The lowest BCUT2D eigenvalue weighted by Gasteiger charge is -2.59. The summed E-state index contributed by atoms with van der Waals surface area (Å²) in [5.74, 6) is -0.518. The zero-order valence-corrected chi connectivity index (χ0v) is 16.5. The van der Waals surface area contributed by atoms with Gasteiger partial charge in [0.25, 0.3) is 0 Å². The minimum atomic E-state index is -1.15. The Morgan fingerprint density at radius 1 is 1.37 bits per heavy atom. The zero-order chi connectivity index (χ0) is 20.0. The second-order valence-electron chi connectivity index (χ2n) is 8.67. The zero-order valence-electron chi connectivity index (χ0n) is 16.5. The molecule has 2 N–H and O–H groups in total. The highest BCUT2D eigenvalue weighted by atomic mass is 16.6. The number of fused-ring (bicyclic) bond motifs is 1. The standard InChI is InChI=1S/C21H30O6/c1-12-10-16(22)21(3)14(19(25)26-4)6-5-7-15(21)20(12,2)9-8-13-11-17(23)27-18(13)24/h6,11-12,15-17,22-23H,5,7-10H2,1-4H3. The third-order valence-electron chi connectivity index (χ3n) is 7.47. The van der Waals surface area contributed by atoms with Crippen LogP contribution in [-0.2, 0) is 19.1 Å². The van der Waals surface area contributed by atoms with Gasteiger partial charge in [0, 0.05) is 16.6 Å². The van der Waals surface area contributed by atoms with E-state index in [1.807, 2.05) is 13.0 Å². The SMILES string of the molecule is COC(=O)C1=CCCC2C(C)(CCC3=CC(O)OC3=O)C(C)CC(O)C12C. The van der Waals surface area contributed by atoms with Gasteiger partial charge in [-0.3, -0.25) is 0 Å². The molecule has 0 aromatic carbocycles. The Balaban J connectivity index is 1.91. The topological polar surface area (TPSA) is 93.1 Å². The van der Waals surface area contributed by atoms with Gasteiger partial charge in [0.05, 0.1) is 13.2 Å². The molecule has 6 nitrogen and oxygen atoms in total. The minimum absolute atomic E-state index is 0.0887. The van der Waals surface area contributed by atoms with Crippen molar-refractivity contribution in [1.29, 1.82) is 0 Å². The number of rotatable bonds is 4. The van der Waals surface area contributed by atoms with Gasteiger partial charge in [-0.25, -0.2) is 9.59 Å². The summed E-state index contributed by atoms with van der Waals surface area (Å²) in [5.41, 5.74) is 0.234. The van der Waals surface area contributed by atoms with E-state index >= 15 is 0 Å². The van der Waals surface area contributed by atoms with Crippen molar-refractivity contribution in [1.82, 2.24) is 0 Å².